The van der Waals surface area contributed by atoms with E-state index in [1.54, 1.807) is 25.3 Å². The summed E-state index contributed by atoms with van der Waals surface area (Å²) < 4.78 is 12.8. The molecule has 0 saturated carbocycles. The Morgan fingerprint density at radius 1 is 0.969 bits per heavy atom. The molecule has 0 saturated heterocycles. The molecule has 0 fully saturated rings. The minimum Gasteiger partial charge on any atom is -0.497 e. The molecular weight excluding hydrogens is 402 g/mol. The molecule has 0 aliphatic rings. The zero-order valence-corrected chi connectivity index (χ0v) is 18.6. The summed E-state index contributed by atoms with van der Waals surface area (Å²) in [6, 6.07) is 21.3. The highest BCUT2D eigenvalue weighted by atomic mass is 16.5. The van der Waals surface area contributed by atoms with Gasteiger partial charge in [0, 0.05) is 24.7 Å². The normalized spacial score (nSPS) is 10.8. The smallest absolute Gasteiger partial charge is 0.259 e. The van der Waals surface area contributed by atoms with Crippen LogP contribution in [0.1, 0.15) is 28.7 Å². The number of carbonyl (C=O) groups is 1. The van der Waals surface area contributed by atoms with Crippen molar-refractivity contribution in [3.8, 4) is 11.5 Å². The standard InChI is InChI=1S/C26H27N3O3/c1-4-29-23-8-6-5-7-22(23)28-25(29)16-11-18-9-12-19(13-10-18)27-26(30)21-15-14-20(31-2)17-24(21)32-3/h5-10,12-15,17H,4,11,16H2,1-3H3,(H,27,30). The molecule has 3 aromatic carbocycles. The molecule has 0 bridgehead atoms. The highest BCUT2D eigenvalue weighted by Crippen LogP contribution is 2.25. The van der Waals surface area contributed by atoms with Gasteiger partial charge in [-0.15, -0.1) is 0 Å². The number of anilines is 1. The van der Waals surface area contributed by atoms with E-state index >= 15 is 0 Å². The average Bonchev–Trinajstić information content (AvgIpc) is 3.20. The predicted molar refractivity (Wildman–Crippen MR) is 127 cm³/mol. The molecule has 0 aliphatic carbocycles. The summed E-state index contributed by atoms with van der Waals surface area (Å²) in [7, 11) is 3.11. The molecule has 0 spiro atoms. The quantitative estimate of drug-likeness (QED) is 0.423. The molecule has 1 aromatic heterocycles. The maximum absolute atomic E-state index is 12.7. The second-order valence-electron chi connectivity index (χ2n) is 7.48. The third-order valence-corrected chi connectivity index (χ3v) is 5.55. The Morgan fingerprint density at radius 3 is 2.47 bits per heavy atom. The molecule has 32 heavy (non-hydrogen) atoms. The number of hydrogen-bond acceptors (Lipinski definition) is 4. The molecule has 6 heteroatoms. The molecular formula is C26H27N3O3. The fourth-order valence-electron chi connectivity index (χ4n) is 3.86. The summed E-state index contributed by atoms with van der Waals surface area (Å²) in [6.07, 6.45) is 1.74. The second kappa shape index (κ2) is 9.56. The van der Waals surface area contributed by atoms with Crippen molar-refractivity contribution in [3.05, 3.63) is 83.7 Å². The summed E-state index contributed by atoms with van der Waals surface area (Å²) in [6.45, 7) is 3.04. The van der Waals surface area contributed by atoms with Gasteiger partial charge in [0.25, 0.3) is 5.91 Å². The summed E-state index contributed by atoms with van der Waals surface area (Å²) in [5.41, 5.74) is 4.60. The van der Waals surface area contributed by atoms with Crippen LogP contribution in [-0.4, -0.2) is 29.7 Å². The summed E-state index contributed by atoms with van der Waals surface area (Å²) in [4.78, 5) is 17.5. The van der Waals surface area contributed by atoms with E-state index in [1.807, 2.05) is 30.3 Å². The number of amides is 1. The molecule has 1 heterocycles. The Kier molecular flexibility index (Phi) is 6.40. The third kappa shape index (κ3) is 4.44. The minimum absolute atomic E-state index is 0.228. The predicted octanol–water partition coefficient (Wildman–Crippen LogP) is 5.11. The molecule has 4 aromatic rings. The number of methoxy groups -OCH3 is 2. The lowest BCUT2D eigenvalue weighted by molar-refractivity contribution is 0.102. The van der Waals surface area contributed by atoms with Crippen molar-refractivity contribution < 1.29 is 14.3 Å². The molecule has 4 rings (SSSR count). The van der Waals surface area contributed by atoms with Gasteiger partial charge in [0.1, 0.15) is 17.3 Å². The number of fused-ring (bicyclic) bond motifs is 1. The van der Waals surface area contributed by atoms with E-state index in [-0.39, 0.29) is 5.91 Å². The zero-order chi connectivity index (χ0) is 22.5. The summed E-state index contributed by atoms with van der Waals surface area (Å²) >= 11 is 0. The van der Waals surface area contributed by atoms with Crippen LogP contribution in [0.15, 0.2) is 66.7 Å². The SMILES string of the molecule is CCn1c(CCc2ccc(NC(=O)c3ccc(OC)cc3OC)cc2)nc2ccccc21. The van der Waals surface area contributed by atoms with Gasteiger partial charge in [-0.3, -0.25) is 4.79 Å². The number of aryl methyl sites for hydroxylation is 3. The maximum Gasteiger partial charge on any atom is 0.259 e. The largest absolute Gasteiger partial charge is 0.497 e. The highest BCUT2D eigenvalue weighted by molar-refractivity contribution is 6.06. The number of rotatable bonds is 8. The van der Waals surface area contributed by atoms with Crippen molar-refractivity contribution in [2.75, 3.05) is 19.5 Å². The van der Waals surface area contributed by atoms with Crippen LogP contribution in [0.3, 0.4) is 0 Å². The second-order valence-corrected chi connectivity index (χ2v) is 7.48. The first-order valence-electron chi connectivity index (χ1n) is 10.7. The van der Waals surface area contributed by atoms with Gasteiger partial charge in [0.15, 0.2) is 0 Å². The van der Waals surface area contributed by atoms with Gasteiger partial charge in [-0.05, 0) is 55.3 Å². The van der Waals surface area contributed by atoms with Gasteiger partial charge in [0.2, 0.25) is 0 Å². The number of nitrogens with zero attached hydrogens (tertiary/aromatic N) is 2. The first kappa shape index (κ1) is 21.4. The van der Waals surface area contributed by atoms with Crippen LogP contribution in [0.2, 0.25) is 0 Å². The van der Waals surface area contributed by atoms with Crippen LogP contribution < -0.4 is 14.8 Å². The van der Waals surface area contributed by atoms with E-state index in [0.717, 1.165) is 36.4 Å². The van der Waals surface area contributed by atoms with Gasteiger partial charge >= 0.3 is 0 Å². The molecule has 1 amide bonds. The van der Waals surface area contributed by atoms with E-state index in [1.165, 1.54) is 18.2 Å². The van der Waals surface area contributed by atoms with E-state index < -0.39 is 0 Å². The van der Waals surface area contributed by atoms with Crippen molar-refractivity contribution in [1.82, 2.24) is 9.55 Å². The van der Waals surface area contributed by atoms with Crippen LogP contribution >= 0.6 is 0 Å². The van der Waals surface area contributed by atoms with Crippen molar-refractivity contribution >= 4 is 22.6 Å². The lowest BCUT2D eigenvalue weighted by Crippen LogP contribution is -2.13. The Hall–Kier alpha value is -3.80. The Balaban J connectivity index is 1.42. The Morgan fingerprint density at radius 2 is 1.75 bits per heavy atom. The zero-order valence-electron chi connectivity index (χ0n) is 18.6. The lowest BCUT2D eigenvalue weighted by atomic mass is 10.1. The summed E-state index contributed by atoms with van der Waals surface area (Å²) in [5.74, 6) is 1.98. The van der Waals surface area contributed by atoms with E-state index in [9.17, 15) is 4.79 Å². The molecule has 0 aliphatic heterocycles. The van der Waals surface area contributed by atoms with Gasteiger partial charge in [-0.1, -0.05) is 24.3 Å². The number of benzene rings is 3. The van der Waals surface area contributed by atoms with Crippen molar-refractivity contribution in [2.24, 2.45) is 0 Å². The number of aromatic nitrogens is 2. The number of carbonyl (C=O) groups excluding carboxylic acids is 1. The molecule has 0 atom stereocenters. The third-order valence-electron chi connectivity index (χ3n) is 5.55. The fraction of sp³-hybridized carbons (Fsp3) is 0.231. The van der Waals surface area contributed by atoms with Crippen LogP contribution in [0.5, 0.6) is 11.5 Å². The topological polar surface area (TPSA) is 65.4 Å². The number of hydrogen-bond donors (Lipinski definition) is 1. The summed E-state index contributed by atoms with van der Waals surface area (Å²) in [5, 5.41) is 2.93. The number of imidazole rings is 1. The highest BCUT2D eigenvalue weighted by Gasteiger charge is 2.14. The first-order chi connectivity index (χ1) is 15.6. The van der Waals surface area contributed by atoms with Gasteiger partial charge in [-0.25, -0.2) is 4.98 Å². The van der Waals surface area contributed by atoms with E-state index in [0.29, 0.717) is 17.1 Å². The van der Waals surface area contributed by atoms with E-state index in [2.05, 4.69) is 35.0 Å². The molecule has 164 valence electrons. The van der Waals surface area contributed by atoms with Crippen LogP contribution in [0.4, 0.5) is 5.69 Å². The van der Waals surface area contributed by atoms with Crippen LogP contribution in [0, 0.1) is 0 Å². The first-order valence-corrected chi connectivity index (χ1v) is 10.7. The van der Waals surface area contributed by atoms with Crippen LogP contribution in [-0.2, 0) is 19.4 Å². The molecule has 0 radical (unpaired) electrons. The van der Waals surface area contributed by atoms with Crippen molar-refractivity contribution in [1.29, 1.82) is 0 Å². The maximum atomic E-state index is 12.7. The lowest BCUT2D eigenvalue weighted by Gasteiger charge is -2.11. The number of para-hydroxylation sites is 2. The Labute approximate surface area is 187 Å². The Bertz CT molecular complexity index is 1230. The van der Waals surface area contributed by atoms with E-state index in [4.69, 9.17) is 14.5 Å². The van der Waals surface area contributed by atoms with Crippen LogP contribution in [0.25, 0.3) is 11.0 Å². The average molecular weight is 430 g/mol. The fourth-order valence-corrected chi connectivity index (χ4v) is 3.86. The van der Waals surface area contributed by atoms with Gasteiger partial charge in [-0.2, -0.15) is 0 Å². The molecule has 0 unspecified atom stereocenters. The molecule has 6 nitrogen and oxygen atoms in total. The van der Waals surface area contributed by atoms with Gasteiger partial charge < -0.3 is 19.4 Å². The van der Waals surface area contributed by atoms with Gasteiger partial charge in [0.05, 0.1) is 30.8 Å². The van der Waals surface area contributed by atoms with Crippen molar-refractivity contribution in [2.45, 2.75) is 26.3 Å². The molecule has 1 N–H and O–H groups in total. The van der Waals surface area contributed by atoms with Crippen molar-refractivity contribution in [3.63, 3.8) is 0 Å². The monoisotopic (exact) mass is 429 g/mol. The minimum atomic E-state index is -0.228. The number of nitrogens with one attached hydrogen (secondary N) is 1. The number of ether oxygens (including phenoxy) is 2.